The highest BCUT2D eigenvalue weighted by atomic mass is 35.5. The van der Waals surface area contributed by atoms with E-state index in [0.717, 1.165) is 26.4 Å². The predicted octanol–water partition coefficient (Wildman–Crippen LogP) is 3.37. The van der Waals surface area contributed by atoms with E-state index in [9.17, 15) is 10.2 Å². The maximum atomic E-state index is 10.8. The van der Waals surface area contributed by atoms with Gasteiger partial charge in [0.25, 0.3) is 0 Å². The lowest BCUT2D eigenvalue weighted by Crippen LogP contribution is -2.06. The number of benzene rings is 1. The molecule has 1 aliphatic rings. The van der Waals surface area contributed by atoms with Gasteiger partial charge in [-0.15, -0.1) is 11.3 Å². The average molecular weight is 355 g/mol. The van der Waals surface area contributed by atoms with E-state index >= 15 is 0 Å². The van der Waals surface area contributed by atoms with Crippen LogP contribution in [0, 0.1) is 6.92 Å². The molecule has 1 aliphatic heterocycles. The summed E-state index contributed by atoms with van der Waals surface area (Å²) < 4.78 is 11.1. The largest absolute Gasteiger partial charge is 0.396 e. The Morgan fingerprint density at radius 3 is 2.70 bits per heavy atom. The van der Waals surface area contributed by atoms with Gasteiger partial charge in [-0.25, -0.2) is 0 Å². The molecule has 2 aromatic rings. The number of aryl methyl sites for hydroxylation is 1. The minimum Gasteiger partial charge on any atom is -0.396 e. The zero-order chi connectivity index (χ0) is 16.4. The highest BCUT2D eigenvalue weighted by Crippen LogP contribution is 2.37. The third-order valence-electron chi connectivity index (χ3n) is 3.91. The molecule has 0 spiro atoms. The Hall–Kier alpha value is -0.950. The van der Waals surface area contributed by atoms with Gasteiger partial charge in [-0.3, -0.25) is 0 Å². The van der Waals surface area contributed by atoms with Crippen LogP contribution in [-0.4, -0.2) is 30.0 Å². The summed E-state index contributed by atoms with van der Waals surface area (Å²) in [6.45, 7) is 3.18. The predicted molar refractivity (Wildman–Crippen MR) is 90.0 cm³/mol. The molecule has 1 saturated heterocycles. The summed E-state index contributed by atoms with van der Waals surface area (Å²) in [5.74, 6) is 0. The first-order valence-electron chi connectivity index (χ1n) is 7.51. The van der Waals surface area contributed by atoms with Gasteiger partial charge >= 0.3 is 0 Å². The summed E-state index contributed by atoms with van der Waals surface area (Å²) in [7, 11) is 0. The van der Waals surface area contributed by atoms with Crippen LogP contribution in [0.2, 0.25) is 5.02 Å². The van der Waals surface area contributed by atoms with E-state index < -0.39 is 6.10 Å². The fourth-order valence-corrected chi connectivity index (χ4v) is 4.01. The SMILES string of the molecule is Cc1sc(C2OCCO2)cc1C(O)c1cc(Cl)ccc1CCO. The number of aliphatic hydroxyl groups excluding tert-OH is 2. The van der Waals surface area contributed by atoms with Crippen LogP contribution in [0.4, 0.5) is 0 Å². The number of hydrogen-bond acceptors (Lipinski definition) is 5. The Balaban J connectivity index is 1.93. The molecule has 0 aliphatic carbocycles. The number of hydrogen-bond donors (Lipinski definition) is 2. The van der Waals surface area contributed by atoms with E-state index in [1.807, 2.05) is 19.1 Å². The number of rotatable bonds is 5. The van der Waals surface area contributed by atoms with Crippen LogP contribution in [0.3, 0.4) is 0 Å². The molecule has 1 atom stereocenters. The molecule has 0 bridgehead atoms. The van der Waals surface area contributed by atoms with Crippen molar-refractivity contribution in [2.75, 3.05) is 19.8 Å². The molecular formula is C17H19ClO4S. The second-order valence-electron chi connectivity index (χ2n) is 5.45. The van der Waals surface area contributed by atoms with E-state index in [0.29, 0.717) is 24.7 Å². The zero-order valence-electron chi connectivity index (χ0n) is 12.8. The number of aliphatic hydroxyl groups is 2. The maximum absolute atomic E-state index is 10.8. The summed E-state index contributed by atoms with van der Waals surface area (Å²) in [5.41, 5.74) is 2.45. The van der Waals surface area contributed by atoms with E-state index in [1.54, 1.807) is 23.5 Å². The summed E-state index contributed by atoms with van der Waals surface area (Å²) in [6.07, 6.45) is -0.647. The summed E-state index contributed by atoms with van der Waals surface area (Å²) >= 11 is 7.65. The molecule has 0 amide bonds. The lowest BCUT2D eigenvalue weighted by molar-refractivity contribution is -0.0414. The van der Waals surface area contributed by atoms with Gasteiger partial charge in [-0.1, -0.05) is 17.7 Å². The van der Waals surface area contributed by atoms with Gasteiger partial charge in [0.2, 0.25) is 0 Å². The van der Waals surface area contributed by atoms with Crippen molar-refractivity contribution in [2.24, 2.45) is 0 Å². The lowest BCUT2D eigenvalue weighted by Gasteiger charge is -2.16. The first kappa shape index (κ1) is 16.9. The van der Waals surface area contributed by atoms with Crippen LogP contribution >= 0.6 is 22.9 Å². The molecule has 6 heteroatoms. The van der Waals surface area contributed by atoms with Gasteiger partial charge in [0.1, 0.15) is 6.10 Å². The monoisotopic (exact) mass is 354 g/mol. The lowest BCUT2D eigenvalue weighted by atomic mass is 9.95. The molecule has 1 unspecified atom stereocenters. The Labute approximate surface area is 144 Å². The van der Waals surface area contributed by atoms with Crippen LogP contribution in [0.15, 0.2) is 24.3 Å². The first-order chi connectivity index (χ1) is 11.1. The fourth-order valence-electron chi connectivity index (χ4n) is 2.77. The van der Waals surface area contributed by atoms with Gasteiger partial charge in [-0.2, -0.15) is 0 Å². The molecule has 23 heavy (non-hydrogen) atoms. The Morgan fingerprint density at radius 1 is 1.26 bits per heavy atom. The minimum atomic E-state index is -0.790. The van der Waals surface area contributed by atoms with E-state index in [-0.39, 0.29) is 12.9 Å². The van der Waals surface area contributed by atoms with Crippen molar-refractivity contribution in [3.05, 3.63) is 55.7 Å². The quantitative estimate of drug-likeness (QED) is 0.864. The van der Waals surface area contributed by atoms with Crippen LogP contribution in [0.1, 0.15) is 38.8 Å². The molecular weight excluding hydrogens is 336 g/mol. The van der Waals surface area contributed by atoms with Crippen molar-refractivity contribution in [3.63, 3.8) is 0 Å². The molecule has 1 aromatic carbocycles. The Morgan fingerprint density at radius 2 is 2.00 bits per heavy atom. The van der Waals surface area contributed by atoms with E-state index in [4.69, 9.17) is 21.1 Å². The zero-order valence-corrected chi connectivity index (χ0v) is 14.4. The van der Waals surface area contributed by atoms with Gasteiger partial charge in [0, 0.05) is 16.5 Å². The topological polar surface area (TPSA) is 58.9 Å². The summed E-state index contributed by atoms with van der Waals surface area (Å²) in [6, 6.07) is 7.32. The van der Waals surface area contributed by atoms with Crippen molar-refractivity contribution in [3.8, 4) is 0 Å². The first-order valence-corrected chi connectivity index (χ1v) is 8.70. The van der Waals surface area contributed by atoms with Gasteiger partial charge in [-0.05, 0) is 48.2 Å². The molecule has 2 N–H and O–H groups in total. The third kappa shape index (κ3) is 3.60. The van der Waals surface area contributed by atoms with Crippen molar-refractivity contribution >= 4 is 22.9 Å². The minimum absolute atomic E-state index is 0.0268. The molecule has 1 fully saturated rings. The number of ether oxygens (including phenoxy) is 2. The smallest absolute Gasteiger partial charge is 0.193 e. The molecule has 2 heterocycles. The molecule has 124 valence electrons. The molecule has 1 aromatic heterocycles. The van der Waals surface area contributed by atoms with E-state index in [1.165, 1.54) is 0 Å². The second-order valence-corrected chi connectivity index (χ2v) is 7.18. The highest BCUT2D eigenvalue weighted by molar-refractivity contribution is 7.12. The number of thiophene rings is 1. The van der Waals surface area contributed by atoms with Crippen LogP contribution in [0.5, 0.6) is 0 Å². The second kappa shape index (κ2) is 7.30. The van der Waals surface area contributed by atoms with Crippen LogP contribution in [0.25, 0.3) is 0 Å². The van der Waals surface area contributed by atoms with Crippen LogP contribution < -0.4 is 0 Å². The van der Waals surface area contributed by atoms with Crippen molar-refractivity contribution in [2.45, 2.75) is 25.7 Å². The molecule has 3 rings (SSSR count). The van der Waals surface area contributed by atoms with Gasteiger partial charge < -0.3 is 19.7 Å². The highest BCUT2D eigenvalue weighted by Gasteiger charge is 2.25. The fraction of sp³-hybridized carbons (Fsp3) is 0.412. The van der Waals surface area contributed by atoms with Crippen LogP contribution in [-0.2, 0) is 15.9 Å². The molecule has 0 radical (unpaired) electrons. The van der Waals surface area contributed by atoms with Crippen molar-refractivity contribution in [1.82, 2.24) is 0 Å². The maximum Gasteiger partial charge on any atom is 0.193 e. The number of halogens is 1. The van der Waals surface area contributed by atoms with Crippen molar-refractivity contribution < 1.29 is 19.7 Å². The molecule has 0 saturated carbocycles. The van der Waals surface area contributed by atoms with Gasteiger partial charge in [0.15, 0.2) is 6.29 Å². The normalized spacial score (nSPS) is 16.9. The Kier molecular flexibility index (Phi) is 5.36. The third-order valence-corrected chi connectivity index (χ3v) is 5.23. The Bertz CT molecular complexity index is 679. The molecule has 4 nitrogen and oxygen atoms in total. The standard InChI is InChI=1S/C17H19ClO4S/c1-10-13(9-15(23-10)17-21-6-7-22-17)16(20)14-8-12(18)3-2-11(14)4-5-19/h2-3,8-9,16-17,19-20H,4-7H2,1H3. The summed E-state index contributed by atoms with van der Waals surface area (Å²) in [5, 5.41) is 20.6. The van der Waals surface area contributed by atoms with Crippen molar-refractivity contribution in [1.29, 1.82) is 0 Å². The van der Waals surface area contributed by atoms with E-state index in [2.05, 4.69) is 0 Å². The summed E-state index contributed by atoms with van der Waals surface area (Å²) in [4.78, 5) is 1.97. The average Bonchev–Trinajstić information content (AvgIpc) is 3.18. The van der Waals surface area contributed by atoms with Gasteiger partial charge in [0.05, 0.1) is 18.1 Å².